The van der Waals surface area contributed by atoms with Gasteiger partial charge in [-0.05, 0) is 6.92 Å². The Labute approximate surface area is 251 Å². The van der Waals surface area contributed by atoms with E-state index in [0.29, 0.717) is 0 Å². The number of aliphatic hydroxyl groups excluding tert-OH is 2. The molecule has 4 heteroatoms. The maximum absolute atomic E-state index is 9.60. The number of hydrogen-bond donors (Lipinski definition) is 3. The van der Waals surface area contributed by atoms with Crippen LogP contribution in [0.3, 0.4) is 0 Å². The van der Waals surface area contributed by atoms with E-state index in [1.807, 2.05) is 0 Å². The average molecular weight is 571 g/mol. The lowest BCUT2D eigenvalue weighted by Crippen LogP contribution is -1.92. The highest BCUT2D eigenvalue weighted by Crippen LogP contribution is 2.17. The van der Waals surface area contributed by atoms with Crippen LogP contribution in [-0.4, -0.2) is 35.5 Å². The fourth-order valence-electron chi connectivity index (χ4n) is 5.30. The van der Waals surface area contributed by atoms with Crippen LogP contribution in [0.1, 0.15) is 200 Å². The molecule has 0 amide bonds. The van der Waals surface area contributed by atoms with Gasteiger partial charge in [0.05, 0.1) is 0 Å². The molecule has 3 N–H and O–H groups in total. The van der Waals surface area contributed by atoms with E-state index in [1.54, 1.807) is 0 Å². The average Bonchev–Trinajstić information content (AvgIpc) is 3.01. The monoisotopic (exact) mass is 571 g/mol. The van der Waals surface area contributed by atoms with Crippen LogP contribution in [0.4, 0.5) is 0 Å². The lowest BCUT2D eigenvalue weighted by atomic mass is 10.0. The Bertz CT molecular complexity index is 305. The molecule has 0 spiro atoms. The first kappa shape index (κ1) is 43.6. The summed E-state index contributed by atoms with van der Waals surface area (Å²) < 4.78 is 0. The van der Waals surface area contributed by atoms with Crippen molar-refractivity contribution in [3.8, 4) is 0 Å². The number of aliphatic hydroxyl groups is 2. The summed E-state index contributed by atoms with van der Waals surface area (Å²) >= 11 is 0. The molecule has 0 unspecified atom stereocenters. The highest BCUT2D eigenvalue weighted by molar-refractivity contribution is 5.84. The molecule has 3 rings (SSSR count). The number of carboxylic acids is 1. The van der Waals surface area contributed by atoms with Gasteiger partial charge in [-0.3, -0.25) is 0 Å². The van der Waals surface area contributed by atoms with Crippen molar-refractivity contribution in [1.29, 1.82) is 0 Å². The van der Waals surface area contributed by atoms with Gasteiger partial charge in [-0.15, -0.1) is 0 Å². The second-order valence-electron chi connectivity index (χ2n) is 11.7. The molecule has 0 aromatic heterocycles. The molecule has 0 aromatic carbocycles. The third-order valence-corrected chi connectivity index (χ3v) is 7.87. The normalized spacial score (nSPS) is 19.4. The van der Waals surface area contributed by atoms with Crippen molar-refractivity contribution in [2.24, 2.45) is 0 Å². The van der Waals surface area contributed by atoms with Crippen molar-refractivity contribution in [3.63, 3.8) is 0 Å². The third-order valence-electron chi connectivity index (χ3n) is 7.87. The fourth-order valence-corrected chi connectivity index (χ4v) is 5.30. The summed E-state index contributed by atoms with van der Waals surface area (Å²) in [7, 11) is 2.00. The Morgan fingerprint density at radius 1 is 0.350 bits per heavy atom. The van der Waals surface area contributed by atoms with Crippen molar-refractivity contribution in [1.82, 2.24) is 0 Å². The van der Waals surface area contributed by atoms with Crippen molar-refractivity contribution in [3.05, 3.63) is 12.2 Å². The van der Waals surface area contributed by atoms with E-state index in [9.17, 15) is 4.79 Å². The molecule has 0 heterocycles. The van der Waals surface area contributed by atoms with Gasteiger partial charge in [-0.25, -0.2) is 4.79 Å². The molecule has 242 valence electrons. The zero-order valence-electron chi connectivity index (χ0n) is 27.7. The predicted molar refractivity (Wildman–Crippen MR) is 177 cm³/mol. The molecule has 3 aliphatic rings. The zero-order valence-corrected chi connectivity index (χ0v) is 27.7. The van der Waals surface area contributed by atoms with E-state index in [0.717, 1.165) is 14.2 Å². The summed E-state index contributed by atoms with van der Waals surface area (Å²) in [6, 6.07) is 0. The number of hydrogen-bond acceptors (Lipinski definition) is 3. The van der Waals surface area contributed by atoms with Crippen LogP contribution in [0, 0.1) is 0 Å². The molecule has 0 atom stereocenters. The summed E-state index contributed by atoms with van der Waals surface area (Å²) in [6.07, 6.45) is 45.0. The van der Waals surface area contributed by atoms with Crippen molar-refractivity contribution in [2.75, 3.05) is 14.2 Å². The Morgan fingerprint density at radius 2 is 0.400 bits per heavy atom. The van der Waals surface area contributed by atoms with Crippen molar-refractivity contribution >= 4 is 5.97 Å². The number of carbonyl (C=O) groups is 1. The minimum Gasteiger partial charge on any atom is -0.478 e. The van der Waals surface area contributed by atoms with Gasteiger partial charge in [0.2, 0.25) is 0 Å². The van der Waals surface area contributed by atoms with Gasteiger partial charge < -0.3 is 15.3 Å². The van der Waals surface area contributed by atoms with E-state index in [1.165, 1.54) is 200 Å². The summed E-state index contributed by atoms with van der Waals surface area (Å²) in [5, 5.41) is 21.9. The van der Waals surface area contributed by atoms with Crippen molar-refractivity contribution < 1.29 is 20.1 Å². The SMILES string of the molecule is C1CCCCCCCCC1.C1CCCCCCCCC1.C1CCCCCCCCC1.C=C(C)C(=O)O.CO.CO. The summed E-state index contributed by atoms with van der Waals surface area (Å²) in [5.41, 5.74) is 0.176. The predicted octanol–water partition coefficient (Wildman–Crippen LogP) is 11.6. The molecule has 3 aliphatic carbocycles. The highest BCUT2D eigenvalue weighted by Gasteiger charge is 1.98. The molecule has 0 aromatic rings. The third kappa shape index (κ3) is 44.2. The smallest absolute Gasteiger partial charge is 0.330 e. The van der Waals surface area contributed by atoms with Crippen LogP contribution in [-0.2, 0) is 4.79 Å². The van der Waals surface area contributed by atoms with Gasteiger partial charge in [0.25, 0.3) is 0 Å². The molecule has 4 nitrogen and oxygen atoms in total. The molecular weight excluding hydrogens is 496 g/mol. The Balaban J connectivity index is -0.000000444. The van der Waals surface area contributed by atoms with E-state index >= 15 is 0 Å². The minimum absolute atomic E-state index is 0.176. The largest absolute Gasteiger partial charge is 0.478 e. The van der Waals surface area contributed by atoms with Crippen LogP contribution in [0.25, 0.3) is 0 Å². The van der Waals surface area contributed by atoms with E-state index in [4.69, 9.17) is 15.3 Å². The Kier molecular flexibility index (Phi) is 46.4. The first-order valence-corrected chi connectivity index (χ1v) is 17.4. The van der Waals surface area contributed by atoms with Gasteiger partial charge in [0.15, 0.2) is 0 Å². The maximum atomic E-state index is 9.60. The number of carboxylic acid groups (broad SMARTS) is 1. The van der Waals surface area contributed by atoms with Crippen LogP contribution >= 0.6 is 0 Å². The number of aliphatic carboxylic acids is 1. The molecule has 3 saturated carbocycles. The minimum atomic E-state index is -0.935. The number of rotatable bonds is 1. The maximum Gasteiger partial charge on any atom is 0.330 e. The molecule has 0 aliphatic heterocycles. The Morgan fingerprint density at radius 3 is 0.425 bits per heavy atom. The van der Waals surface area contributed by atoms with Gasteiger partial charge in [-0.2, -0.15) is 0 Å². The lowest BCUT2D eigenvalue weighted by molar-refractivity contribution is -0.132. The first-order valence-electron chi connectivity index (χ1n) is 17.4. The van der Waals surface area contributed by atoms with Gasteiger partial charge >= 0.3 is 5.97 Å². The zero-order chi connectivity index (χ0) is 30.4. The first-order chi connectivity index (χ1) is 19.6. The van der Waals surface area contributed by atoms with Crippen LogP contribution in [0.2, 0.25) is 0 Å². The molecule has 3 fully saturated rings. The quantitative estimate of drug-likeness (QED) is 0.274. The standard InChI is InChI=1S/3C10H20.C4H6O2.2CH4O/c3*1-2-4-6-8-10-9-7-5-3-1;1-3(2)4(5)6;2*1-2/h3*1-10H2;1H2,2H3,(H,5,6);2*2H,1H3. The second-order valence-corrected chi connectivity index (χ2v) is 11.7. The molecule has 0 saturated heterocycles. The molecular formula is C36H74O4. The summed E-state index contributed by atoms with van der Waals surface area (Å²) in [6.45, 7) is 4.60. The topological polar surface area (TPSA) is 77.8 Å². The van der Waals surface area contributed by atoms with Gasteiger partial charge in [0.1, 0.15) is 0 Å². The Hall–Kier alpha value is -0.870. The molecule has 40 heavy (non-hydrogen) atoms. The van der Waals surface area contributed by atoms with Gasteiger partial charge in [-0.1, -0.05) is 199 Å². The summed E-state index contributed by atoms with van der Waals surface area (Å²) in [5.74, 6) is -0.935. The van der Waals surface area contributed by atoms with E-state index in [-0.39, 0.29) is 5.57 Å². The molecule has 0 radical (unpaired) electrons. The van der Waals surface area contributed by atoms with Crippen LogP contribution in [0.5, 0.6) is 0 Å². The highest BCUT2D eigenvalue weighted by atomic mass is 16.4. The summed E-state index contributed by atoms with van der Waals surface area (Å²) in [4.78, 5) is 9.60. The second kappa shape index (κ2) is 42.6. The van der Waals surface area contributed by atoms with Crippen molar-refractivity contribution in [2.45, 2.75) is 200 Å². The van der Waals surface area contributed by atoms with Crippen LogP contribution in [0.15, 0.2) is 12.2 Å². The fraction of sp³-hybridized carbons (Fsp3) is 0.917. The van der Waals surface area contributed by atoms with Crippen LogP contribution < -0.4 is 0 Å². The van der Waals surface area contributed by atoms with E-state index in [2.05, 4.69) is 6.58 Å². The van der Waals surface area contributed by atoms with E-state index < -0.39 is 5.97 Å². The van der Waals surface area contributed by atoms with Gasteiger partial charge in [0, 0.05) is 19.8 Å². The molecule has 0 bridgehead atoms. The lowest BCUT2D eigenvalue weighted by Gasteiger charge is -2.05.